The Balaban J connectivity index is 4.61. The van der Waals surface area contributed by atoms with E-state index in [4.69, 9.17) is 10.2 Å². The minimum absolute atomic E-state index is 0.0671. The maximum atomic E-state index is 11.9. The van der Waals surface area contributed by atoms with Gasteiger partial charge in [0.1, 0.15) is 6.54 Å². The number of amides is 2. The van der Waals surface area contributed by atoms with Crippen LogP contribution in [-0.2, 0) is 4.79 Å². The van der Waals surface area contributed by atoms with Crippen molar-refractivity contribution in [2.75, 3.05) is 26.2 Å². The standard InChI is InChI=1S/C10H20N2O4/c1-4-11(7-9(14)15)10(16)12(5-6-13)8(2)3/h8,13H,4-7H2,1-3H3,(H,14,15). The molecule has 2 amide bonds. The topological polar surface area (TPSA) is 81.1 Å². The Labute approximate surface area is 95.5 Å². The van der Waals surface area contributed by atoms with Gasteiger partial charge in [-0.3, -0.25) is 4.79 Å². The zero-order valence-corrected chi connectivity index (χ0v) is 10.0. The lowest BCUT2D eigenvalue weighted by atomic mass is 10.3. The Bertz CT molecular complexity index is 243. The number of hydrogen-bond donors (Lipinski definition) is 2. The zero-order valence-electron chi connectivity index (χ0n) is 10.0. The highest BCUT2D eigenvalue weighted by Gasteiger charge is 2.23. The largest absolute Gasteiger partial charge is 0.480 e. The number of rotatable bonds is 6. The van der Waals surface area contributed by atoms with Crippen molar-refractivity contribution < 1.29 is 19.8 Å². The van der Waals surface area contributed by atoms with E-state index in [2.05, 4.69) is 0 Å². The summed E-state index contributed by atoms with van der Waals surface area (Å²) >= 11 is 0. The van der Waals surface area contributed by atoms with E-state index < -0.39 is 5.97 Å². The number of aliphatic carboxylic acids is 1. The number of carboxylic acids is 1. The molecule has 0 aromatic rings. The fourth-order valence-corrected chi connectivity index (χ4v) is 1.34. The molecular formula is C10H20N2O4. The van der Waals surface area contributed by atoms with Gasteiger partial charge in [-0.15, -0.1) is 0 Å². The van der Waals surface area contributed by atoms with Gasteiger partial charge in [-0.25, -0.2) is 4.79 Å². The fraction of sp³-hybridized carbons (Fsp3) is 0.800. The van der Waals surface area contributed by atoms with E-state index in [1.807, 2.05) is 13.8 Å². The third-order valence-electron chi connectivity index (χ3n) is 2.19. The first kappa shape index (κ1) is 14.7. The molecule has 0 fully saturated rings. The molecule has 0 unspecified atom stereocenters. The quantitative estimate of drug-likeness (QED) is 0.686. The maximum absolute atomic E-state index is 11.9. The van der Waals surface area contributed by atoms with Crippen LogP contribution in [0.25, 0.3) is 0 Å². The fourth-order valence-electron chi connectivity index (χ4n) is 1.34. The molecular weight excluding hydrogens is 212 g/mol. The molecule has 0 aliphatic heterocycles. The van der Waals surface area contributed by atoms with Crippen LogP contribution in [0, 0.1) is 0 Å². The number of carboxylic acid groups (broad SMARTS) is 1. The highest BCUT2D eigenvalue weighted by Crippen LogP contribution is 2.04. The third-order valence-corrected chi connectivity index (χ3v) is 2.19. The van der Waals surface area contributed by atoms with Crippen molar-refractivity contribution >= 4 is 12.0 Å². The molecule has 0 aromatic heterocycles. The number of aliphatic hydroxyl groups excluding tert-OH is 1. The number of carbonyl (C=O) groups is 2. The van der Waals surface area contributed by atoms with E-state index in [-0.39, 0.29) is 31.8 Å². The van der Waals surface area contributed by atoms with Gasteiger partial charge in [0, 0.05) is 19.1 Å². The van der Waals surface area contributed by atoms with E-state index in [0.717, 1.165) is 0 Å². The first-order chi connectivity index (χ1) is 7.43. The summed E-state index contributed by atoms with van der Waals surface area (Å²) in [6, 6.07) is -0.420. The van der Waals surface area contributed by atoms with Gasteiger partial charge in [0.25, 0.3) is 0 Å². The van der Waals surface area contributed by atoms with E-state index in [1.54, 1.807) is 6.92 Å². The molecule has 0 bridgehead atoms. The van der Waals surface area contributed by atoms with Gasteiger partial charge in [-0.2, -0.15) is 0 Å². The molecule has 2 N–H and O–H groups in total. The van der Waals surface area contributed by atoms with Crippen molar-refractivity contribution in [1.82, 2.24) is 9.80 Å². The summed E-state index contributed by atoms with van der Waals surface area (Å²) in [4.78, 5) is 25.2. The average molecular weight is 232 g/mol. The SMILES string of the molecule is CCN(CC(=O)O)C(=O)N(CCO)C(C)C. The molecule has 6 nitrogen and oxygen atoms in total. The number of likely N-dealkylation sites (N-methyl/N-ethyl adjacent to an activating group) is 1. The second-order valence-corrected chi connectivity index (χ2v) is 3.70. The third kappa shape index (κ3) is 4.48. The molecule has 0 aliphatic rings. The minimum Gasteiger partial charge on any atom is -0.480 e. The Morgan fingerprint density at radius 3 is 2.19 bits per heavy atom. The molecule has 0 radical (unpaired) electrons. The van der Waals surface area contributed by atoms with E-state index in [9.17, 15) is 9.59 Å². The Morgan fingerprint density at radius 2 is 1.88 bits per heavy atom. The summed E-state index contributed by atoms with van der Waals surface area (Å²) < 4.78 is 0. The lowest BCUT2D eigenvalue weighted by Crippen LogP contribution is -2.49. The van der Waals surface area contributed by atoms with Gasteiger partial charge in [-0.05, 0) is 20.8 Å². The highest BCUT2D eigenvalue weighted by molar-refractivity contribution is 5.80. The molecule has 0 heterocycles. The molecule has 0 aliphatic carbocycles. The highest BCUT2D eigenvalue weighted by atomic mass is 16.4. The average Bonchev–Trinajstić information content (AvgIpc) is 2.20. The Hall–Kier alpha value is -1.30. The summed E-state index contributed by atoms with van der Waals surface area (Å²) in [6.45, 7) is 5.47. The molecule has 94 valence electrons. The number of carbonyl (C=O) groups excluding carboxylic acids is 1. The van der Waals surface area contributed by atoms with Crippen LogP contribution >= 0.6 is 0 Å². The molecule has 6 heteroatoms. The van der Waals surface area contributed by atoms with Crippen LogP contribution in [0.4, 0.5) is 4.79 Å². The predicted octanol–water partition coefficient (Wildman–Crippen LogP) is 0.216. The van der Waals surface area contributed by atoms with Crippen molar-refractivity contribution in [3.05, 3.63) is 0 Å². The van der Waals surface area contributed by atoms with Crippen LogP contribution in [0.2, 0.25) is 0 Å². The van der Waals surface area contributed by atoms with Crippen molar-refractivity contribution in [2.24, 2.45) is 0 Å². The summed E-state index contributed by atoms with van der Waals surface area (Å²) in [6.07, 6.45) is 0. The number of nitrogens with zero attached hydrogens (tertiary/aromatic N) is 2. The van der Waals surface area contributed by atoms with Crippen molar-refractivity contribution in [1.29, 1.82) is 0 Å². The predicted molar refractivity (Wildman–Crippen MR) is 59.2 cm³/mol. The first-order valence-electron chi connectivity index (χ1n) is 5.32. The summed E-state index contributed by atoms with van der Waals surface area (Å²) in [5.41, 5.74) is 0. The van der Waals surface area contributed by atoms with Crippen LogP contribution in [0.1, 0.15) is 20.8 Å². The molecule has 0 atom stereocenters. The van der Waals surface area contributed by atoms with Gasteiger partial charge in [0.2, 0.25) is 0 Å². The summed E-state index contributed by atoms with van der Waals surface area (Å²) in [5.74, 6) is -1.04. The molecule has 0 aromatic carbocycles. The zero-order chi connectivity index (χ0) is 12.7. The van der Waals surface area contributed by atoms with Gasteiger partial charge < -0.3 is 20.0 Å². The number of urea groups is 1. The molecule has 16 heavy (non-hydrogen) atoms. The maximum Gasteiger partial charge on any atom is 0.323 e. The molecule has 0 rings (SSSR count). The molecule has 0 saturated carbocycles. The van der Waals surface area contributed by atoms with Crippen LogP contribution in [0.3, 0.4) is 0 Å². The van der Waals surface area contributed by atoms with Gasteiger partial charge in [0.05, 0.1) is 6.61 Å². The summed E-state index contributed by atoms with van der Waals surface area (Å²) in [5, 5.41) is 17.5. The van der Waals surface area contributed by atoms with E-state index in [0.29, 0.717) is 6.54 Å². The molecule has 0 spiro atoms. The van der Waals surface area contributed by atoms with Gasteiger partial charge >= 0.3 is 12.0 Å². The first-order valence-corrected chi connectivity index (χ1v) is 5.32. The van der Waals surface area contributed by atoms with Crippen LogP contribution in [0.15, 0.2) is 0 Å². The smallest absolute Gasteiger partial charge is 0.323 e. The summed E-state index contributed by atoms with van der Waals surface area (Å²) in [7, 11) is 0. The van der Waals surface area contributed by atoms with E-state index in [1.165, 1.54) is 9.80 Å². The molecule has 0 saturated heterocycles. The minimum atomic E-state index is -1.04. The normalized spacial score (nSPS) is 10.3. The van der Waals surface area contributed by atoms with Crippen LogP contribution in [0.5, 0.6) is 0 Å². The second kappa shape index (κ2) is 7.05. The van der Waals surface area contributed by atoms with Crippen LogP contribution in [-0.4, -0.2) is 64.3 Å². The monoisotopic (exact) mass is 232 g/mol. The number of hydrogen-bond acceptors (Lipinski definition) is 3. The lowest BCUT2D eigenvalue weighted by Gasteiger charge is -2.31. The van der Waals surface area contributed by atoms with Crippen molar-refractivity contribution in [3.8, 4) is 0 Å². The van der Waals surface area contributed by atoms with Crippen LogP contribution < -0.4 is 0 Å². The van der Waals surface area contributed by atoms with Gasteiger partial charge in [0.15, 0.2) is 0 Å². The number of aliphatic hydroxyl groups is 1. The van der Waals surface area contributed by atoms with Gasteiger partial charge in [-0.1, -0.05) is 0 Å². The van der Waals surface area contributed by atoms with Crippen molar-refractivity contribution in [2.45, 2.75) is 26.8 Å². The van der Waals surface area contributed by atoms with Crippen molar-refractivity contribution in [3.63, 3.8) is 0 Å². The lowest BCUT2D eigenvalue weighted by molar-refractivity contribution is -0.137. The Morgan fingerprint density at radius 1 is 1.31 bits per heavy atom. The van der Waals surface area contributed by atoms with E-state index >= 15 is 0 Å². The second-order valence-electron chi connectivity index (χ2n) is 3.70. The Kier molecular flexibility index (Phi) is 6.48.